The molecule has 0 bridgehead atoms. The number of hydrogen-bond donors (Lipinski definition) is 1. The van der Waals surface area contributed by atoms with E-state index in [1.807, 2.05) is 13.8 Å². The van der Waals surface area contributed by atoms with Crippen LogP contribution in [-0.2, 0) is 0 Å². The SMILES string of the molecule is C#CCCC(O)c1c(C)cc(C)cc1C. The highest BCUT2D eigenvalue weighted by molar-refractivity contribution is 5.38. The molecule has 0 radical (unpaired) electrons. The number of terminal acetylenes is 1. The van der Waals surface area contributed by atoms with E-state index in [1.165, 1.54) is 5.56 Å². The molecule has 0 heterocycles. The standard InChI is InChI=1S/C14H18O/c1-5-6-7-13(15)14-11(3)8-10(2)9-12(14)4/h1,8-9,13,15H,6-7H2,2-4H3. The molecule has 0 aliphatic heterocycles. The summed E-state index contributed by atoms with van der Waals surface area (Å²) in [6.07, 6.45) is 6.02. The lowest BCUT2D eigenvalue weighted by atomic mass is 9.93. The second-order valence-electron chi connectivity index (χ2n) is 4.07. The van der Waals surface area contributed by atoms with E-state index < -0.39 is 6.10 Å². The van der Waals surface area contributed by atoms with Gasteiger partial charge in [0, 0.05) is 6.42 Å². The number of benzene rings is 1. The van der Waals surface area contributed by atoms with Crippen LogP contribution in [0.25, 0.3) is 0 Å². The first-order chi connectivity index (χ1) is 7.06. The van der Waals surface area contributed by atoms with Crippen LogP contribution in [0.3, 0.4) is 0 Å². The van der Waals surface area contributed by atoms with Gasteiger partial charge in [-0.15, -0.1) is 12.3 Å². The Labute approximate surface area is 92.1 Å². The van der Waals surface area contributed by atoms with Gasteiger partial charge in [-0.25, -0.2) is 0 Å². The zero-order valence-corrected chi connectivity index (χ0v) is 9.67. The summed E-state index contributed by atoms with van der Waals surface area (Å²) in [5.41, 5.74) is 4.57. The Kier molecular flexibility index (Phi) is 3.94. The Morgan fingerprint density at radius 2 is 1.80 bits per heavy atom. The fourth-order valence-corrected chi connectivity index (χ4v) is 2.08. The highest BCUT2D eigenvalue weighted by Crippen LogP contribution is 2.26. The lowest BCUT2D eigenvalue weighted by Gasteiger charge is -2.16. The molecule has 1 aromatic carbocycles. The molecule has 0 fully saturated rings. The Hall–Kier alpha value is -1.26. The van der Waals surface area contributed by atoms with Crippen molar-refractivity contribution in [3.8, 4) is 12.3 Å². The lowest BCUT2D eigenvalue weighted by molar-refractivity contribution is 0.168. The quantitative estimate of drug-likeness (QED) is 0.747. The van der Waals surface area contributed by atoms with E-state index in [9.17, 15) is 5.11 Å². The normalized spacial score (nSPS) is 12.2. The third-order valence-electron chi connectivity index (χ3n) is 2.63. The van der Waals surface area contributed by atoms with Crippen LogP contribution in [0.15, 0.2) is 12.1 Å². The van der Waals surface area contributed by atoms with Crippen LogP contribution < -0.4 is 0 Å². The van der Waals surface area contributed by atoms with Crippen LogP contribution in [0.1, 0.15) is 41.2 Å². The molecule has 1 rings (SSSR count). The molecule has 1 atom stereocenters. The number of aliphatic hydroxyl groups excluding tert-OH is 1. The van der Waals surface area contributed by atoms with Crippen molar-refractivity contribution in [1.82, 2.24) is 0 Å². The monoisotopic (exact) mass is 202 g/mol. The largest absolute Gasteiger partial charge is 0.388 e. The van der Waals surface area contributed by atoms with Crippen LogP contribution in [0.2, 0.25) is 0 Å². The van der Waals surface area contributed by atoms with Gasteiger partial charge in [-0.1, -0.05) is 17.7 Å². The van der Waals surface area contributed by atoms with Gasteiger partial charge >= 0.3 is 0 Å². The molecule has 0 saturated carbocycles. The average Bonchev–Trinajstić information content (AvgIpc) is 2.12. The number of hydrogen-bond acceptors (Lipinski definition) is 1. The van der Waals surface area contributed by atoms with Gasteiger partial charge in [0.15, 0.2) is 0 Å². The first kappa shape index (κ1) is 11.8. The molecule has 1 heteroatoms. The minimum absolute atomic E-state index is 0.429. The third-order valence-corrected chi connectivity index (χ3v) is 2.63. The maximum atomic E-state index is 10.0. The van der Waals surface area contributed by atoms with Crippen LogP contribution in [0, 0.1) is 33.1 Å². The second kappa shape index (κ2) is 5.00. The molecule has 0 aliphatic rings. The van der Waals surface area contributed by atoms with Crippen molar-refractivity contribution in [2.45, 2.75) is 39.7 Å². The molecule has 15 heavy (non-hydrogen) atoms. The maximum absolute atomic E-state index is 10.0. The molecule has 0 amide bonds. The van der Waals surface area contributed by atoms with E-state index in [0.29, 0.717) is 12.8 Å². The fourth-order valence-electron chi connectivity index (χ4n) is 2.08. The summed E-state index contributed by atoms with van der Waals surface area (Å²) < 4.78 is 0. The van der Waals surface area contributed by atoms with E-state index in [4.69, 9.17) is 6.42 Å². The van der Waals surface area contributed by atoms with E-state index >= 15 is 0 Å². The Morgan fingerprint density at radius 3 is 2.27 bits per heavy atom. The molecule has 1 N–H and O–H groups in total. The van der Waals surface area contributed by atoms with E-state index in [0.717, 1.165) is 16.7 Å². The molecule has 1 aromatic rings. The van der Waals surface area contributed by atoms with E-state index in [1.54, 1.807) is 0 Å². The zero-order chi connectivity index (χ0) is 11.4. The van der Waals surface area contributed by atoms with E-state index in [2.05, 4.69) is 25.0 Å². The van der Waals surface area contributed by atoms with Crippen molar-refractivity contribution in [3.05, 3.63) is 34.4 Å². The van der Waals surface area contributed by atoms with Gasteiger partial charge in [0.25, 0.3) is 0 Å². The van der Waals surface area contributed by atoms with Crippen molar-refractivity contribution in [1.29, 1.82) is 0 Å². The molecule has 0 aromatic heterocycles. The van der Waals surface area contributed by atoms with Gasteiger partial charge in [0.1, 0.15) is 0 Å². The predicted molar refractivity (Wildman–Crippen MR) is 63.7 cm³/mol. The summed E-state index contributed by atoms with van der Waals surface area (Å²) in [5, 5.41) is 10.0. The molecule has 1 unspecified atom stereocenters. The van der Waals surface area contributed by atoms with Gasteiger partial charge in [0.2, 0.25) is 0 Å². The average molecular weight is 202 g/mol. The summed E-state index contributed by atoms with van der Waals surface area (Å²) in [6, 6.07) is 4.20. The van der Waals surface area contributed by atoms with Crippen LogP contribution in [-0.4, -0.2) is 5.11 Å². The zero-order valence-electron chi connectivity index (χ0n) is 9.67. The third kappa shape index (κ3) is 2.84. The van der Waals surface area contributed by atoms with Gasteiger partial charge < -0.3 is 5.11 Å². The molecule has 1 nitrogen and oxygen atoms in total. The summed E-state index contributed by atoms with van der Waals surface area (Å²) in [6.45, 7) is 6.14. The van der Waals surface area contributed by atoms with Crippen molar-refractivity contribution in [3.63, 3.8) is 0 Å². The topological polar surface area (TPSA) is 20.2 Å². The van der Waals surface area contributed by atoms with Crippen LogP contribution >= 0.6 is 0 Å². The summed E-state index contributed by atoms with van der Waals surface area (Å²) in [5.74, 6) is 2.56. The van der Waals surface area contributed by atoms with Crippen LogP contribution in [0.4, 0.5) is 0 Å². The first-order valence-corrected chi connectivity index (χ1v) is 5.25. The van der Waals surface area contributed by atoms with Crippen molar-refractivity contribution >= 4 is 0 Å². The summed E-state index contributed by atoms with van der Waals surface area (Å²) in [4.78, 5) is 0. The number of aryl methyl sites for hydroxylation is 3. The van der Waals surface area contributed by atoms with Gasteiger partial charge in [0.05, 0.1) is 6.10 Å². The Morgan fingerprint density at radius 1 is 1.27 bits per heavy atom. The van der Waals surface area contributed by atoms with Crippen molar-refractivity contribution in [2.75, 3.05) is 0 Å². The summed E-state index contributed by atoms with van der Waals surface area (Å²) >= 11 is 0. The smallest absolute Gasteiger partial charge is 0.0804 e. The van der Waals surface area contributed by atoms with Crippen molar-refractivity contribution in [2.24, 2.45) is 0 Å². The maximum Gasteiger partial charge on any atom is 0.0804 e. The van der Waals surface area contributed by atoms with Gasteiger partial charge in [-0.05, 0) is 43.9 Å². The Bertz CT molecular complexity index is 362. The predicted octanol–water partition coefficient (Wildman–Crippen LogP) is 3.06. The molecule has 0 aliphatic carbocycles. The molecular formula is C14H18O. The molecular weight excluding hydrogens is 184 g/mol. The van der Waals surface area contributed by atoms with Crippen molar-refractivity contribution < 1.29 is 5.11 Å². The second-order valence-corrected chi connectivity index (χ2v) is 4.07. The number of aliphatic hydroxyl groups is 1. The lowest BCUT2D eigenvalue weighted by Crippen LogP contribution is -2.03. The minimum atomic E-state index is -0.429. The molecule has 0 spiro atoms. The van der Waals surface area contributed by atoms with E-state index in [-0.39, 0.29) is 0 Å². The van der Waals surface area contributed by atoms with Gasteiger partial charge in [-0.2, -0.15) is 0 Å². The minimum Gasteiger partial charge on any atom is -0.388 e. The Balaban J connectivity index is 2.99. The number of rotatable bonds is 3. The molecule has 0 saturated heterocycles. The fraction of sp³-hybridized carbons (Fsp3) is 0.429. The first-order valence-electron chi connectivity index (χ1n) is 5.25. The summed E-state index contributed by atoms with van der Waals surface area (Å²) in [7, 11) is 0. The highest BCUT2D eigenvalue weighted by atomic mass is 16.3. The molecule has 80 valence electrons. The van der Waals surface area contributed by atoms with Gasteiger partial charge in [-0.3, -0.25) is 0 Å². The van der Waals surface area contributed by atoms with Crippen LogP contribution in [0.5, 0.6) is 0 Å². The highest BCUT2D eigenvalue weighted by Gasteiger charge is 2.12.